The van der Waals surface area contributed by atoms with Crippen LogP contribution in [0.25, 0.3) is 0 Å². The van der Waals surface area contributed by atoms with Crippen LogP contribution in [-0.4, -0.2) is 25.1 Å². The molecule has 1 amide bonds. The van der Waals surface area contributed by atoms with Gasteiger partial charge in [0.25, 0.3) is 6.43 Å². The molecule has 0 radical (unpaired) electrons. The van der Waals surface area contributed by atoms with E-state index in [2.05, 4.69) is 10.2 Å². The second kappa shape index (κ2) is 8.37. The quantitative estimate of drug-likeness (QED) is 0.811. The maximum absolute atomic E-state index is 12.9. The van der Waals surface area contributed by atoms with Crippen LogP contribution in [0, 0.1) is 0 Å². The Morgan fingerprint density at radius 1 is 1.19 bits per heavy atom. The Balaban J connectivity index is 1.58. The second-order valence-corrected chi connectivity index (χ2v) is 6.86. The zero-order valence-corrected chi connectivity index (χ0v) is 15.5. The molecular weight excluding hydrogens is 350 g/mol. The average molecular weight is 374 g/mol. The molecule has 1 unspecified atom stereocenters. The average Bonchev–Trinajstić information content (AvgIpc) is 3.10. The van der Waals surface area contributed by atoms with Crippen molar-refractivity contribution in [2.45, 2.75) is 38.8 Å². The minimum atomic E-state index is -2.46. The number of amides is 1. The number of halogens is 2. The Bertz CT molecular complexity index is 780. The smallest absolute Gasteiger partial charge is 0.263 e. The molecule has 1 fully saturated rings. The highest BCUT2D eigenvalue weighted by atomic mass is 19.3. The number of hydrogen-bond acceptors (Lipinski definition) is 3. The normalized spacial score (nSPS) is 17.8. The van der Waals surface area contributed by atoms with Gasteiger partial charge >= 0.3 is 0 Å². The maximum atomic E-state index is 12.9. The first-order valence-electron chi connectivity index (χ1n) is 9.09. The topological polar surface area (TPSA) is 41.6 Å². The Hall–Kier alpha value is -2.63. The molecule has 1 aliphatic heterocycles. The number of benzene rings is 2. The first-order valence-corrected chi connectivity index (χ1v) is 9.09. The van der Waals surface area contributed by atoms with E-state index in [1.165, 1.54) is 13.0 Å². The fourth-order valence-electron chi connectivity index (χ4n) is 3.33. The number of anilines is 1. The van der Waals surface area contributed by atoms with Crippen LogP contribution in [0.4, 0.5) is 14.5 Å². The van der Waals surface area contributed by atoms with Gasteiger partial charge in [0.2, 0.25) is 5.91 Å². The number of hydrogen-bond donors (Lipinski definition) is 1. The monoisotopic (exact) mass is 374 g/mol. The highest BCUT2D eigenvalue weighted by molar-refractivity contribution is 5.73. The molecule has 2 atom stereocenters. The number of nitrogens with zero attached hydrogens (tertiary/aromatic N) is 1. The molecule has 4 nitrogen and oxygen atoms in total. The lowest BCUT2D eigenvalue weighted by Gasteiger charge is -2.20. The molecule has 0 bridgehead atoms. The number of carbonyl (C=O) groups is 1. The van der Waals surface area contributed by atoms with Gasteiger partial charge in [0.15, 0.2) is 0 Å². The lowest BCUT2D eigenvalue weighted by Crippen LogP contribution is -2.25. The van der Waals surface area contributed by atoms with Crippen molar-refractivity contribution in [3.63, 3.8) is 0 Å². The van der Waals surface area contributed by atoms with E-state index in [9.17, 15) is 13.6 Å². The number of alkyl halides is 2. The van der Waals surface area contributed by atoms with E-state index in [0.717, 1.165) is 30.0 Å². The zero-order valence-electron chi connectivity index (χ0n) is 15.5. The highest BCUT2D eigenvalue weighted by Crippen LogP contribution is 2.28. The summed E-state index contributed by atoms with van der Waals surface area (Å²) in [5, 5.41) is 2.85. The Morgan fingerprint density at radius 2 is 1.93 bits per heavy atom. The van der Waals surface area contributed by atoms with Crippen molar-refractivity contribution in [1.82, 2.24) is 5.32 Å². The summed E-state index contributed by atoms with van der Waals surface area (Å²) in [5.41, 5.74) is 1.86. The van der Waals surface area contributed by atoms with Gasteiger partial charge in [-0.3, -0.25) is 4.79 Å². The van der Waals surface area contributed by atoms with E-state index >= 15 is 0 Å². The van der Waals surface area contributed by atoms with Crippen LogP contribution >= 0.6 is 0 Å². The lowest BCUT2D eigenvalue weighted by molar-refractivity contribution is -0.119. The fourth-order valence-corrected chi connectivity index (χ4v) is 3.33. The van der Waals surface area contributed by atoms with Crippen molar-refractivity contribution in [1.29, 1.82) is 0 Å². The fraction of sp³-hybridized carbons (Fsp3) is 0.381. The molecule has 0 saturated carbocycles. The molecule has 0 aromatic heterocycles. The van der Waals surface area contributed by atoms with E-state index in [4.69, 9.17) is 4.74 Å². The molecule has 1 saturated heterocycles. The summed E-state index contributed by atoms with van der Waals surface area (Å²) in [6, 6.07) is 14.1. The summed E-state index contributed by atoms with van der Waals surface area (Å²) in [4.78, 5) is 13.2. The number of ether oxygens (including phenoxy) is 1. The van der Waals surface area contributed by atoms with Crippen LogP contribution in [0.1, 0.15) is 43.9 Å². The summed E-state index contributed by atoms with van der Waals surface area (Å²) < 4.78 is 31.8. The van der Waals surface area contributed by atoms with Crippen LogP contribution in [0.15, 0.2) is 48.5 Å². The summed E-state index contributed by atoms with van der Waals surface area (Å²) in [7, 11) is 0. The molecule has 1 heterocycles. The molecule has 1 aliphatic rings. The van der Waals surface area contributed by atoms with E-state index < -0.39 is 6.43 Å². The van der Waals surface area contributed by atoms with E-state index in [1.54, 1.807) is 12.1 Å². The third-order valence-electron chi connectivity index (χ3n) is 4.73. The third-order valence-corrected chi connectivity index (χ3v) is 4.73. The van der Waals surface area contributed by atoms with Gasteiger partial charge in [-0.25, -0.2) is 8.78 Å². The van der Waals surface area contributed by atoms with Crippen LogP contribution in [0.3, 0.4) is 0 Å². The van der Waals surface area contributed by atoms with Gasteiger partial charge in [0.1, 0.15) is 11.9 Å². The van der Waals surface area contributed by atoms with Crippen molar-refractivity contribution in [3.05, 3.63) is 59.7 Å². The van der Waals surface area contributed by atoms with E-state index in [0.29, 0.717) is 6.54 Å². The van der Waals surface area contributed by atoms with Crippen LogP contribution in [0.2, 0.25) is 0 Å². The first kappa shape index (κ1) is 19.1. The standard InChI is InChI=1S/C21H24F2N2O2/c1-14(24-15(2)26)16-6-8-19(9-7-16)27-20-10-11-25(13-20)18-5-3-4-17(12-18)21(22)23/h3-9,12,14,20-21H,10-11,13H2,1-2H3,(H,24,26)/t14-,20?/m0/s1. The zero-order chi connectivity index (χ0) is 19.4. The molecule has 3 rings (SSSR count). The molecule has 2 aromatic carbocycles. The van der Waals surface area contributed by atoms with E-state index in [1.807, 2.05) is 37.3 Å². The number of rotatable bonds is 6. The van der Waals surface area contributed by atoms with Crippen LogP contribution in [0.5, 0.6) is 5.75 Å². The Labute approximate surface area is 158 Å². The SMILES string of the molecule is CC(=O)N[C@@H](C)c1ccc(OC2CCN(c3cccc(C(F)F)c3)C2)cc1. The van der Waals surface area contributed by atoms with Gasteiger partial charge in [-0.1, -0.05) is 24.3 Å². The Morgan fingerprint density at radius 3 is 2.59 bits per heavy atom. The predicted octanol–water partition coefficient (Wildman–Crippen LogP) is 4.48. The van der Waals surface area contributed by atoms with Crippen molar-refractivity contribution >= 4 is 11.6 Å². The van der Waals surface area contributed by atoms with Crippen LogP contribution < -0.4 is 15.0 Å². The van der Waals surface area contributed by atoms with Gasteiger partial charge in [-0.2, -0.15) is 0 Å². The number of nitrogens with one attached hydrogen (secondary N) is 1. The summed E-state index contributed by atoms with van der Waals surface area (Å²) in [5.74, 6) is 0.701. The minimum Gasteiger partial charge on any atom is -0.489 e. The van der Waals surface area contributed by atoms with Gasteiger partial charge in [0.05, 0.1) is 12.6 Å². The molecule has 1 N–H and O–H groups in total. The minimum absolute atomic E-state index is 0.0128. The maximum Gasteiger partial charge on any atom is 0.263 e. The molecule has 2 aromatic rings. The summed E-state index contributed by atoms with van der Waals surface area (Å²) >= 11 is 0. The van der Waals surface area contributed by atoms with Gasteiger partial charge < -0.3 is 15.0 Å². The largest absolute Gasteiger partial charge is 0.489 e. The first-order chi connectivity index (χ1) is 12.9. The van der Waals surface area contributed by atoms with Crippen molar-refractivity contribution in [3.8, 4) is 5.75 Å². The van der Waals surface area contributed by atoms with Crippen LogP contribution in [-0.2, 0) is 4.79 Å². The summed E-state index contributed by atoms with van der Waals surface area (Å²) in [6.07, 6.45) is -1.61. The second-order valence-electron chi connectivity index (χ2n) is 6.86. The van der Waals surface area contributed by atoms with E-state index in [-0.39, 0.29) is 23.6 Å². The molecule has 6 heteroatoms. The Kier molecular flexibility index (Phi) is 5.94. The number of carbonyl (C=O) groups excluding carboxylic acids is 1. The van der Waals surface area contributed by atoms with Crippen molar-refractivity contribution < 1.29 is 18.3 Å². The molecular formula is C21H24F2N2O2. The molecule has 27 heavy (non-hydrogen) atoms. The van der Waals surface area contributed by atoms with Gasteiger partial charge in [-0.15, -0.1) is 0 Å². The molecule has 0 aliphatic carbocycles. The van der Waals surface area contributed by atoms with Crippen molar-refractivity contribution in [2.24, 2.45) is 0 Å². The third kappa shape index (κ3) is 4.96. The molecule has 0 spiro atoms. The van der Waals surface area contributed by atoms with Crippen molar-refractivity contribution in [2.75, 3.05) is 18.0 Å². The van der Waals surface area contributed by atoms with Gasteiger partial charge in [-0.05, 0) is 36.8 Å². The highest BCUT2D eigenvalue weighted by Gasteiger charge is 2.25. The van der Waals surface area contributed by atoms with Gasteiger partial charge in [0, 0.05) is 31.1 Å². The summed E-state index contributed by atoms with van der Waals surface area (Å²) in [6.45, 7) is 4.86. The predicted molar refractivity (Wildman–Crippen MR) is 101 cm³/mol. The molecule has 144 valence electrons. The lowest BCUT2D eigenvalue weighted by atomic mass is 10.1.